The van der Waals surface area contributed by atoms with Gasteiger partial charge in [-0.15, -0.1) is 0 Å². The average molecular weight is 126 g/mol. The van der Waals surface area contributed by atoms with Gasteiger partial charge in [0.15, 0.2) is 0 Å². The Labute approximate surface area is 54.9 Å². The topological polar surface area (TPSA) is 28.7 Å². The zero-order valence-corrected chi connectivity index (χ0v) is 6.05. The Balaban J connectivity index is 2.90. The maximum Gasteiger partial charge on any atom is 0.222 e. The molecule has 0 aliphatic carbocycles. The molecule has 1 rings (SSSR count). The van der Waals surface area contributed by atoms with Gasteiger partial charge >= 0.3 is 0 Å². The van der Waals surface area contributed by atoms with Crippen LogP contribution in [0.15, 0.2) is 12.3 Å². The number of hydrogen-bond donors (Lipinski definition) is 1. The van der Waals surface area contributed by atoms with Crippen LogP contribution in [0.1, 0.15) is 0 Å². The van der Waals surface area contributed by atoms with Crippen LogP contribution in [0.25, 0.3) is 0 Å². The Kier molecular flexibility index (Phi) is 1.29. The third-order valence-electron chi connectivity index (χ3n) is 1.21. The van der Waals surface area contributed by atoms with Crippen molar-refractivity contribution in [3.8, 4) is 0 Å². The molecular weight excluding hydrogens is 114 g/mol. The van der Waals surface area contributed by atoms with E-state index in [9.17, 15) is 0 Å². The molecule has 0 radical (unpaired) electrons. The lowest BCUT2D eigenvalue weighted by Crippen LogP contribution is -2.35. The van der Waals surface area contributed by atoms with Crippen LogP contribution in [0.4, 0.5) is 5.82 Å². The van der Waals surface area contributed by atoms with Crippen molar-refractivity contribution in [1.29, 1.82) is 0 Å². The molecular formula is C6H12N3+. The first-order valence-corrected chi connectivity index (χ1v) is 2.92. The fourth-order valence-corrected chi connectivity index (χ4v) is 0.622. The summed E-state index contributed by atoms with van der Waals surface area (Å²) in [7, 11) is 6.27. The second-order valence-corrected chi connectivity index (χ2v) is 2.95. The van der Waals surface area contributed by atoms with Crippen molar-refractivity contribution >= 4 is 5.82 Å². The van der Waals surface area contributed by atoms with Crippen molar-refractivity contribution in [2.75, 3.05) is 21.1 Å². The van der Waals surface area contributed by atoms with E-state index in [-0.39, 0.29) is 0 Å². The Hall–Kier alpha value is -0.830. The Morgan fingerprint density at radius 2 is 2.11 bits per heavy atom. The summed E-state index contributed by atoms with van der Waals surface area (Å²) in [5.74, 6) is 1.12. The first-order chi connectivity index (χ1) is 4.11. The molecule has 1 aromatic heterocycles. The molecule has 0 fully saturated rings. The quantitative estimate of drug-likeness (QED) is 0.549. The summed E-state index contributed by atoms with van der Waals surface area (Å²) in [4.78, 5) is 0. The molecule has 0 aliphatic rings. The summed E-state index contributed by atoms with van der Waals surface area (Å²) < 4.78 is 0.792. The smallest absolute Gasteiger partial charge is 0.222 e. The number of nitrogens with one attached hydrogen (secondary N) is 1. The second-order valence-electron chi connectivity index (χ2n) is 2.95. The lowest BCUT2D eigenvalue weighted by Gasteiger charge is -2.19. The lowest BCUT2D eigenvalue weighted by molar-refractivity contribution is 0.472. The van der Waals surface area contributed by atoms with Gasteiger partial charge in [-0.1, -0.05) is 0 Å². The van der Waals surface area contributed by atoms with Gasteiger partial charge in [0, 0.05) is 6.07 Å². The van der Waals surface area contributed by atoms with E-state index < -0.39 is 0 Å². The van der Waals surface area contributed by atoms with E-state index in [0.717, 1.165) is 10.3 Å². The van der Waals surface area contributed by atoms with E-state index in [1.165, 1.54) is 0 Å². The van der Waals surface area contributed by atoms with Crippen LogP contribution >= 0.6 is 0 Å². The van der Waals surface area contributed by atoms with E-state index in [2.05, 4.69) is 31.3 Å². The molecule has 0 bridgehead atoms. The first-order valence-electron chi connectivity index (χ1n) is 2.92. The van der Waals surface area contributed by atoms with Gasteiger partial charge in [-0.25, -0.2) is 5.10 Å². The van der Waals surface area contributed by atoms with Gasteiger partial charge in [0.1, 0.15) is 0 Å². The summed E-state index contributed by atoms with van der Waals surface area (Å²) in [6.07, 6.45) is 1.76. The third kappa shape index (κ3) is 1.29. The minimum atomic E-state index is 0.792. The fraction of sp³-hybridized carbons (Fsp3) is 0.500. The van der Waals surface area contributed by atoms with E-state index in [1.54, 1.807) is 6.20 Å². The number of rotatable bonds is 1. The van der Waals surface area contributed by atoms with Gasteiger partial charge in [-0.05, 0) is 0 Å². The number of nitrogens with zero attached hydrogens (tertiary/aromatic N) is 2. The molecule has 0 atom stereocenters. The average Bonchev–Trinajstić information content (AvgIpc) is 2.08. The van der Waals surface area contributed by atoms with E-state index in [4.69, 9.17) is 0 Å². The van der Waals surface area contributed by atoms with Gasteiger partial charge in [0.25, 0.3) is 0 Å². The molecule has 0 unspecified atom stereocenters. The van der Waals surface area contributed by atoms with Crippen LogP contribution in [-0.4, -0.2) is 31.3 Å². The maximum atomic E-state index is 3.85. The number of H-pyrrole nitrogens is 1. The maximum absolute atomic E-state index is 3.85. The molecule has 50 valence electrons. The van der Waals surface area contributed by atoms with Crippen molar-refractivity contribution < 1.29 is 0 Å². The molecule has 1 aromatic rings. The monoisotopic (exact) mass is 126 g/mol. The summed E-state index contributed by atoms with van der Waals surface area (Å²) in [6, 6.07) is 1.97. The van der Waals surface area contributed by atoms with Crippen molar-refractivity contribution in [2.45, 2.75) is 0 Å². The Bertz CT molecular complexity index is 171. The van der Waals surface area contributed by atoms with Gasteiger partial charge in [-0.2, -0.15) is 5.10 Å². The predicted octanol–water partition coefficient (Wildman–Crippen LogP) is 0.606. The van der Waals surface area contributed by atoms with Gasteiger partial charge in [-0.3, -0.25) is 4.48 Å². The molecule has 3 nitrogen and oxygen atoms in total. The normalized spacial score (nSPS) is 11.9. The highest BCUT2D eigenvalue weighted by atomic mass is 15.4. The summed E-state index contributed by atoms with van der Waals surface area (Å²) in [5, 5.41) is 6.75. The standard InChI is InChI=1S/C6H12N3/c1-9(2,3)6-4-5-7-8-6/h4-5H,1-3H3,(H,7,8)/q+1. The molecule has 1 N–H and O–H groups in total. The summed E-state index contributed by atoms with van der Waals surface area (Å²) in [6.45, 7) is 0. The minimum absolute atomic E-state index is 0.792. The molecule has 0 aliphatic heterocycles. The summed E-state index contributed by atoms with van der Waals surface area (Å²) in [5.41, 5.74) is 0. The highest BCUT2D eigenvalue weighted by Crippen LogP contribution is 2.09. The van der Waals surface area contributed by atoms with Gasteiger partial charge < -0.3 is 0 Å². The van der Waals surface area contributed by atoms with Crippen LogP contribution < -0.4 is 4.48 Å². The van der Waals surface area contributed by atoms with Gasteiger partial charge in [0.2, 0.25) is 5.82 Å². The zero-order chi connectivity index (χ0) is 6.91. The van der Waals surface area contributed by atoms with Crippen molar-refractivity contribution in [2.24, 2.45) is 0 Å². The lowest BCUT2D eigenvalue weighted by atomic mass is 10.5. The van der Waals surface area contributed by atoms with Crippen LogP contribution in [0.2, 0.25) is 0 Å². The Morgan fingerprint density at radius 1 is 1.44 bits per heavy atom. The number of quaternary nitrogens is 1. The largest absolute Gasteiger partial charge is 0.282 e. The minimum Gasteiger partial charge on any atom is -0.282 e. The van der Waals surface area contributed by atoms with Crippen LogP contribution in [0, 0.1) is 0 Å². The van der Waals surface area contributed by atoms with E-state index >= 15 is 0 Å². The van der Waals surface area contributed by atoms with E-state index in [0.29, 0.717) is 0 Å². The molecule has 9 heavy (non-hydrogen) atoms. The van der Waals surface area contributed by atoms with Crippen LogP contribution in [0.3, 0.4) is 0 Å². The van der Waals surface area contributed by atoms with E-state index in [1.807, 2.05) is 6.07 Å². The summed E-state index contributed by atoms with van der Waals surface area (Å²) >= 11 is 0. The molecule has 0 spiro atoms. The van der Waals surface area contributed by atoms with Crippen LogP contribution in [0.5, 0.6) is 0 Å². The predicted molar refractivity (Wildman–Crippen MR) is 38.2 cm³/mol. The number of hydrogen-bond acceptors (Lipinski definition) is 1. The molecule has 0 saturated heterocycles. The zero-order valence-electron chi connectivity index (χ0n) is 6.05. The fourth-order valence-electron chi connectivity index (χ4n) is 0.622. The van der Waals surface area contributed by atoms with Crippen molar-refractivity contribution in [1.82, 2.24) is 14.7 Å². The Morgan fingerprint density at radius 3 is 2.33 bits per heavy atom. The molecule has 0 saturated carbocycles. The second kappa shape index (κ2) is 1.84. The third-order valence-corrected chi connectivity index (χ3v) is 1.21. The van der Waals surface area contributed by atoms with Crippen molar-refractivity contribution in [3.63, 3.8) is 0 Å². The van der Waals surface area contributed by atoms with Gasteiger partial charge in [0.05, 0.1) is 27.3 Å². The molecule has 1 heterocycles. The van der Waals surface area contributed by atoms with Crippen molar-refractivity contribution in [3.05, 3.63) is 12.3 Å². The van der Waals surface area contributed by atoms with Crippen LogP contribution in [-0.2, 0) is 0 Å². The first kappa shape index (κ1) is 6.29. The SMILES string of the molecule is C[N+](C)(C)c1ccn[nH]1. The molecule has 3 heteroatoms. The highest BCUT2D eigenvalue weighted by molar-refractivity contribution is 5.28. The molecule has 0 amide bonds. The number of aromatic amines is 1. The molecule has 0 aromatic carbocycles. The number of aromatic nitrogens is 2. The highest BCUT2D eigenvalue weighted by Gasteiger charge is 2.11.